The Morgan fingerprint density at radius 2 is 2.33 bits per heavy atom. The molecule has 6 heteroatoms. The van der Waals surface area contributed by atoms with Crippen molar-refractivity contribution in [1.82, 2.24) is 19.4 Å². The van der Waals surface area contributed by atoms with Crippen molar-refractivity contribution in [3.8, 4) is 5.82 Å². The van der Waals surface area contributed by atoms with E-state index in [0.717, 1.165) is 36.7 Å². The summed E-state index contributed by atoms with van der Waals surface area (Å²) in [7, 11) is 0. The highest BCUT2D eigenvalue weighted by molar-refractivity contribution is 5.76. The summed E-state index contributed by atoms with van der Waals surface area (Å²) in [6.45, 7) is 3.13. The fourth-order valence-electron chi connectivity index (χ4n) is 2.93. The number of hydrogen-bond donors (Lipinski definition) is 1. The predicted octanol–water partition coefficient (Wildman–Crippen LogP) is 1.20. The number of primary amides is 1. The van der Waals surface area contributed by atoms with Crippen LogP contribution in [0.1, 0.15) is 30.4 Å². The Kier molecular flexibility index (Phi) is 3.70. The highest BCUT2D eigenvalue weighted by Gasteiger charge is 2.28. The van der Waals surface area contributed by atoms with Gasteiger partial charge in [0.05, 0.1) is 18.3 Å². The molecule has 0 spiro atoms. The minimum atomic E-state index is -0.288. The molecule has 2 aromatic heterocycles. The van der Waals surface area contributed by atoms with Gasteiger partial charge in [-0.2, -0.15) is 0 Å². The average Bonchev–Trinajstić information content (AvgIpc) is 3.07. The minimum absolute atomic E-state index is 0.168. The summed E-state index contributed by atoms with van der Waals surface area (Å²) in [6, 6.07) is 6.14. The number of likely N-dealkylation sites (tertiary alicyclic amines) is 1. The summed E-state index contributed by atoms with van der Waals surface area (Å²) in [5.41, 5.74) is 6.31. The van der Waals surface area contributed by atoms with Gasteiger partial charge in [-0.05, 0) is 38.4 Å². The highest BCUT2D eigenvalue weighted by atomic mass is 16.1. The smallest absolute Gasteiger partial charge is 0.231 e. The molecule has 2 N–H and O–H groups in total. The van der Waals surface area contributed by atoms with Crippen LogP contribution in [0.4, 0.5) is 0 Å². The number of aryl methyl sites for hydroxylation is 1. The van der Waals surface area contributed by atoms with Crippen LogP contribution < -0.4 is 5.73 Å². The summed E-state index contributed by atoms with van der Waals surface area (Å²) in [5.74, 6) is 1.47. The van der Waals surface area contributed by atoms with Crippen molar-refractivity contribution >= 4 is 5.91 Å². The molecule has 2 aromatic rings. The Balaban J connectivity index is 1.89. The number of carbonyl (C=O) groups excluding carboxylic acids is 1. The van der Waals surface area contributed by atoms with Gasteiger partial charge in [0.25, 0.3) is 0 Å². The van der Waals surface area contributed by atoms with Crippen molar-refractivity contribution in [2.45, 2.75) is 25.8 Å². The van der Waals surface area contributed by atoms with Crippen LogP contribution in [0.3, 0.4) is 0 Å². The maximum Gasteiger partial charge on any atom is 0.231 e. The van der Waals surface area contributed by atoms with Gasteiger partial charge in [0.2, 0.25) is 5.91 Å². The standard InChI is InChI=1S/C15H19N5O/c1-11-17-7-9-20(11)15-6-2-4-12(18-15)13-5-3-8-19(13)10-14(16)21/h2,4,6-7,9,13H,3,5,8,10H2,1H3,(H2,16,21)/t13-/m1/s1. The third-order valence-corrected chi connectivity index (χ3v) is 3.89. The lowest BCUT2D eigenvalue weighted by molar-refractivity contribution is -0.119. The summed E-state index contributed by atoms with van der Waals surface area (Å²) in [5, 5.41) is 0. The lowest BCUT2D eigenvalue weighted by atomic mass is 10.1. The zero-order valence-electron chi connectivity index (χ0n) is 12.1. The Morgan fingerprint density at radius 3 is 3.05 bits per heavy atom. The van der Waals surface area contributed by atoms with Crippen LogP contribution in [0, 0.1) is 6.92 Å². The van der Waals surface area contributed by atoms with E-state index in [1.54, 1.807) is 6.20 Å². The molecule has 0 aliphatic carbocycles. The fraction of sp³-hybridized carbons (Fsp3) is 0.400. The third-order valence-electron chi connectivity index (χ3n) is 3.89. The van der Waals surface area contributed by atoms with Gasteiger partial charge in [-0.15, -0.1) is 0 Å². The van der Waals surface area contributed by atoms with Crippen LogP contribution in [0.15, 0.2) is 30.6 Å². The number of nitrogens with zero attached hydrogens (tertiary/aromatic N) is 4. The van der Waals surface area contributed by atoms with Crippen LogP contribution in [0.2, 0.25) is 0 Å². The number of carbonyl (C=O) groups is 1. The third kappa shape index (κ3) is 2.80. The second-order valence-corrected chi connectivity index (χ2v) is 5.36. The quantitative estimate of drug-likeness (QED) is 0.915. The van der Waals surface area contributed by atoms with Crippen molar-refractivity contribution in [2.24, 2.45) is 5.73 Å². The average molecular weight is 285 g/mol. The molecule has 6 nitrogen and oxygen atoms in total. The Bertz CT molecular complexity index is 651. The van der Waals surface area contributed by atoms with E-state index in [4.69, 9.17) is 10.7 Å². The molecule has 1 aliphatic rings. The number of imidazole rings is 1. The second-order valence-electron chi connectivity index (χ2n) is 5.36. The largest absolute Gasteiger partial charge is 0.369 e. The molecule has 3 heterocycles. The van der Waals surface area contributed by atoms with Crippen LogP contribution in [0.5, 0.6) is 0 Å². The fourth-order valence-corrected chi connectivity index (χ4v) is 2.93. The van der Waals surface area contributed by atoms with E-state index in [0.29, 0.717) is 6.54 Å². The Morgan fingerprint density at radius 1 is 1.48 bits per heavy atom. The molecular weight excluding hydrogens is 266 g/mol. The summed E-state index contributed by atoms with van der Waals surface area (Å²) in [6.07, 6.45) is 5.73. The lowest BCUT2D eigenvalue weighted by Crippen LogP contribution is -2.33. The molecule has 1 fully saturated rings. The van der Waals surface area contributed by atoms with E-state index < -0.39 is 0 Å². The highest BCUT2D eigenvalue weighted by Crippen LogP contribution is 2.30. The van der Waals surface area contributed by atoms with Crippen LogP contribution in [-0.2, 0) is 4.79 Å². The molecule has 0 bridgehead atoms. The minimum Gasteiger partial charge on any atom is -0.369 e. The molecule has 110 valence electrons. The molecule has 0 radical (unpaired) electrons. The predicted molar refractivity (Wildman–Crippen MR) is 78.8 cm³/mol. The van der Waals surface area contributed by atoms with E-state index in [1.807, 2.05) is 35.9 Å². The summed E-state index contributed by atoms with van der Waals surface area (Å²) < 4.78 is 1.96. The number of aromatic nitrogens is 3. The van der Waals surface area contributed by atoms with E-state index in [-0.39, 0.29) is 11.9 Å². The van der Waals surface area contributed by atoms with Gasteiger partial charge < -0.3 is 5.73 Å². The van der Waals surface area contributed by atoms with E-state index >= 15 is 0 Å². The molecule has 21 heavy (non-hydrogen) atoms. The van der Waals surface area contributed by atoms with Gasteiger partial charge >= 0.3 is 0 Å². The number of pyridine rings is 1. The Labute approximate surface area is 123 Å². The lowest BCUT2D eigenvalue weighted by Gasteiger charge is -2.22. The Hall–Kier alpha value is -2.21. The van der Waals surface area contributed by atoms with Crippen molar-refractivity contribution < 1.29 is 4.79 Å². The van der Waals surface area contributed by atoms with Gasteiger partial charge in [0.1, 0.15) is 11.6 Å². The van der Waals surface area contributed by atoms with Crippen molar-refractivity contribution in [3.05, 3.63) is 42.1 Å². The maximum atomic E-state index is 11.2. The zero-order valence-corrected chi connectivity index (χ0v) is 12.1. The molecule has 1 saturated heterocycles. The molecule has 0 aromatic carbocycles. The first-order valence-electron chi connectivity index (χ1n) is 7.15. The second kappa shape index (κ2) is 5.65. The summed E-state index contributed by atoms with van der Waals surface area (Å²) in [4.78, 5) is 22.3. The zero-order chi connectivity index (χ0) is 14.8. The molecule has 3 rings (SSSR count). The first-order chi connectivity index (χ1) is 10.1. The van der Waals surface area contributed by atoms with Crippen LogP contribution in [-0.4, -0.2) is 38.4 Å². The van der Waals surface area contributed by atoms with E-state index in [9.17, 15) is 4.79 Å². The molecule has 0 saturated carbocycles. The topological polar surface area (TPSA) is 77.0 Å². The number of hydrogen-bond acceptors (Lipinski definition) is 4. The molecule has 0 unspecified atom stereocenters. The van der Waals surface area contributed by atoms with Gasteiger partial charge in [-0.25, -0.2) is 9.97 Å². The van der Waals surface area contributed by atoms with Crippen LogP contribution in [0.25, 0.3) is 5.82 Å². The molecule has 1 amide bonds. The molecule has 1 aliphatic heterocycles. The normalized spacial score (nSPS) is 19.0. The first-order valence-corrected chi connectivity index (χ1v) is 7.15. The number of rotatable bonds is 4. The van der Waals surface area contributed by atoms with E-state index in [1.165, 1.54) is 0 Å². The van der Waals surface area contributed by atoms with Crippen molar-refractivity contribution in [1.29, 1.82) is 0 Å². The number of nitrogens with two attached hydrogens (primary N) is 1. The van der Waals surface area contributed by atoms with E-state index in [2.05, 4.69) is 9.88 Å². The SMILES string of the molecule is Cc1nccn1-c1cccc([C@H]2CCCN2CC(N)=O)n1. The van der Waals surface area contributed by atoms with Crippen molar-refractivity contribution in [3.63, 3.8) is 0 Å². The van der Waals surface area contributed by atoms with Gasteiger partial charge in [0, 0.05) is 12.4 Å². The molecular formula is C15H19N5O. The van der Waals surface area contributed by atoms with Crippen LogP contribution >= 0.6 is 0 Å². The van der Waals surface area contributed by atoms with Gasteiger partial charge in [-0.3, -0.25) is 14.3 Å². The number of amides is 1. The van der Waals surface area contributed by atoms with Crippen molar-refractivity contribution in [2.75, 3.05) is 13.1 Å². The van der Waals surface area contributed by atoms with Gasteiger partial charge in [-0.1, -0.05) is 6.07 Å². The summed E-state index contributed by atoms with van der Waals surface area (Å²) >= 11 is 0. The monoisotopic (exact) mass is 285 g/mol. The van der Waals surface area contributed by atoms with Gasteiger partial charge in [0.15, 0.2) is 0 Å². The maximum absolute atomic E-state index is 11.2. The molecule has 1 atom stereocenters. The first kappa shape index (κ1) is 13.8.